The van der Waals surface area contributed by atoms with E-state index in [1.165, 1.54) is 77.0 Å². The highest BCUT2D eigenvalue weighted by Crippen LogP contribution is 2.45. The molecule has 0 amide bonds. The van der Waals surface area contributed by atoms with Gasteiger partial charge in [0.1, 0.15) is 19.3 Å². The summed E-state index contributed by atoms with van der Waals surface area (Å²) in [5.41, 5.74) is 0. The van der Waals surface area contributed by atoms with E-state index in [1.54, 1.807) is 0 Å². The molecule has 0 heterocycles. The Kier molecular flexibility index (Phi) is 65.1. The molecule has 17 nitrogen and oxygen atoms in total. The standard InChI is InChI=1S/C75H132O17P2/c1-5-9-13-17-21-25-29-32-34-37-40-43-47-51-55-59-72(77)85-65-70(91-74(79)61-57-53-49-45-39-28-24-20-16-12-8-4)67-89-93(81,82)87-63-69(76)64-88-94(83,84)90-68-71(92-75(80)62-58-54-50-46-42-36-31-27-23-19-15-11-7-3)66-86-73(78)60-56-52-48-44-41-38-35-33-30-26-22-18-14-10-6-2/h9,13,20-21,24-25,27,31-35,40,43,69-71,76H,5-8,10-12,14-19,22-23,26,28-30,36-39,41-42,44-68H2,1-4H3,(H,81,82)(H,83,84)/b13-9-,24-20-,25-21-,31-27-,34-32-,35-33-,43-40-. The summed E-state index contributed by atoms with van der Waals surface area (Å²) in [5.74, 6) is -2.24. The summed E-state index contributed by atoms with van der Waals surface area (Å²) in [6, 6.07) is 0. The molecule has 0 rings (SSSR count). The third kappa shape index (κ3) is 66.8. The molecule has 0 radical (unpaired) electrons. The van der Waals surface area contributed by atoms with Gasteiger partial charge < -0.3 is 33.8 Å². The van der Waals surface area contributed by atoms with Crippen molar-refractivity contribution in [2.75, 3.05) is 39.6 Å². The van der Waals surface area contributed by atoms with E-state index in [-0.39, 0.29) is 25.7 Å². The molecule has 0 aliphatic heterocycles. The van der Waals surface area contributed by atoms with Gasteiger partial charge in [-0.25, -0.2) is 9.13 Å². The van der Waals surface area contributed by atoms with Gasteiger partial charge in [-0.05, 0) is 135 Å². The van der Waals surface area contributed by atoms with Gasteiger partial charge in [-0.15, -0.1) is 0 Å². The lowest BCUT2D eigenvalue weighted by Crippen LogP contribution is -2.30. The molecular weight excluding hydrogens is 1230 g/mol. The average Bonchev–Trinajstić information content (AvgIpc) is 1.35. The van der Waals surface area contributed by atoms with E-state index in [2.05, 4.69) is 113 Å². The summed E-state index contributed by atoms with van der Waals surface area (Å²) in [6.45, 7) is 4.63. The van der Waals surface area contributed by atoms with E-state index in [9.17, 15) is 43.2 Å². The molecule has 5 unspecified atom stereocenters. The molecule has 3 N–H and O–H groups in total. The first-order chi connectivity index (χ1) is 45.7. The van der Waals surface area contributed by atoms with Gasteiger partial charge in [-0.3, -0.25) is 37.3 Å². The van der Waals surface area contributed by atoms with Crippen LogP contribution >= 0.6 is 15.6 Å². The number of aliphatic hydroxyl groups excluding tert-OH is 1. The van der Waals surface area contributed by atoms with Crippen LogP contribution in [0.25, 0.3) is 0 Å². The Bertz CT molecular complexity index is 2120. The number of carbonyl (C=O) groups excluding carboxylic acids is 4. The average molecular weight is 1370 g/mol. The zero-order chi connectivity index (χ0) is 69.0. The summed E-state index contributed by atoms with van der Waals surface area (Å²) in [4.78, 5) is 72.6. The molecule has 0 fully saturated rings. The predicted octanol–water partition coefficient (Wildman–Crippen LogP) is 20.7. The summed E-state index contributed by atoms with van der Waals surface area (Å²) in [6.07, 6.45) is 67.4. The molecule has 544 valence electrons. The van der Waals surface area contributed by atoms with Crippen molar-refractivity contribution in [3.8, 4) is 0 Å². The lowest BCUT2D eigenvalue weighted by atomic mass is 10.1. The van der Waals surface area contributed by atoms with Crippen LogP contribution in [-0.4, -0.2) is 96.7 Å². The fourth-order valence-electron chi connectivity index (χ4n) is 9.65. The van der Waals surface area contributed by atoms with E-state index >= 15 is 0 Å². The molecule has 0 saturated heterocycles. The van der Waals surface area contributed by atoms with E-state index in [4.69, 9.17) is 37.0 Å². The Morgan fingerprint density at radius 2 is 0.564 bits per heavy atom. The maximum absolute atomic E-state index is 13.0. The molecule has 0 saturated carbocycles. The van der Waals surface area contributed by atoms with Crippen molar-refractivity contribution in [1.82, 2.24) is 0 Å². The van der Waals surface area contributed by atoms with Gasteiger partial charge in [0.2, 0.25) is 0 Å². The molecule has 0 aliphatic carbocycles. The van der Waals surface area contributed by atoms with Crippen molar-refractivity contribution in [2.24, 2.45) is 0 Å². The van der Waals surface area contributed by atoms with Crippen molar-refractivity contribution in [3.05, 3.63) is 85.1 Å². The van der Waals surface area contributed by atoms with Crippen LogP contribution in [0.4, 0.5) is 0 Å². The van der Waals surface area contributed by atoms with Crippen LogP contribution in [0, 0.1) is 0 Å². The predicted molar refractivity (Wildman–Crippen MR) is 381 cm³/mol. The number of aliphatic hydroxyl groups is 1. The lowest BCUT2D eigenvalue weighted by Gasteiger charge is -2.21. The highest BCUT2D eigenvalue weighted by atomic mass is 31.2. The topological polar surface area (TPSA) is 237 Å². The van der Waals surface area contributed by atoms with Crippen LogP contribution < -0.4 is 0 Å². The summed E-state index contributed by atoms with van der Waals surface area (Å²) in [5, 5.41) is 10.6. The number of hydrogen-bond acceptors (Lipinski definition) is 15. The molecule has 5 atom stereocenters. The highest BCUT2D eigenvalue weighted by Gasteiger charge is 2.30. The fraction of sp³-hybridized carbons (Fsp3) is 0.760. The fourth-order valence-corrected chi connectivity index (χ4v) is 11.2. The van der Waals surface area contributed by atoms with Gasteiger partial charge in [-0.2, -0.15) is 0 Å². The summed E-state index contributed by atoms with van der Waals surface area (Å²) >= 11 is 0. The Labute approximate surface area is 570 Å². The Balaban J connectivity index is 5.35. The molecule has 0 aliphatic rings. The minimum Gasteiger partial charge on any atom is -0.462 e. The van der Waals surface area contributed by atoms with Crippen LogP contribution in [0.1, 0.15) is 310 Å². The molecular formula is C75H132O17P2. The van der Waals surface area contributed by atoms with Crippen molar-refractivity contribution < 1.29 is 80.2 Å². The zero-order valence-electron chi connectivity index (χ0n) is 59.1. The second kappa shape index (κ2) is 67.8. The second-order valence-corrected chi connectivity index (χ2v) is 27.4. The number of ether oxygens (including phenoxy) is 4. The third-order valence-corrected chi connectivity index (χ3v) is 17.2. The first kappa shape index (κ1) is 90.2. The van der Waals surface area contributed by atoms with Gasteiger partial charge in [-0.1, -0.05) is 235 Å². The van der Waals surface area contributed by atoms with Crippen LogP contribution in [0.2, 0.25) is 0 Å². The van der Waals surface area contributed by atoms with E-state index < -0.39 is 97.5 Å². The van der Waals surface area contributed by atoms with Gasteiger partial charge in [0, 0.05) is 25.7 Å². The lowest BCUT2D eigenvalue weighted by molar-refractivity contribution is -0.161. The Morgan fingerprint density at radius 1 is 0.309 bits per heavy atom. The second-order valence-electron chi connectivity index (χ2n) is 24.5. The van der Waals surface area contributed by atoms with Crippen molar-refractivity contribution >= 4 is 39.5 Å². The molecule has 0 aromatic heterocycles. The monoisotopic (exact) mass is 1370 g/mol. The highest BCUT2D eigenvalue weighted by molar-refractivity contribution is 7.47. The summed E-state index contributed by atoms with van der Waals surface area (Å²) in [7, 11) is -9.95. The van der Waals surface area contributed by atoms with Gasteiger partial charge >= 0.3 is 39.5 Å². The van der Waals surface area contributed by atoms with Gasteiger partial charge in [0.25, 0.3) is 0 Å². The quantitative estimate of drug-likeness (QED) is 0.0169. The molecule has 19 heteroatoms. The Morgan fingerprint density at radius 3 is 0.926 bits per heavy atom. The largest absolute Gasteiger partial charge is 0.472 e. The van der Waals surface area contributed by atoms with Crippen molar-refractivity contribution in [1.29, 1.82) is 0 Å². The maximum Gasteiger partial charge on any atom is 0.472 e. The van der Waals surface area contributed by atoms with Crippen molar-refractivity contribution in [2.45, 2.75) is 329 Å². The minimum absolute atomic E-state index is 0.0756. The van der Waals surface area contributed by atoms with E-state index in [1.807, 2.05) is 0 Å². The molecule has 0 spiro atoms. The number of phosphoric acid groups is 2. The number of unbranched alkanes of at least 4 members (excludes halogenated alkanes) is 29. The summed E-state index contributed by atoms with van der Waals surface area (Å²) < 4.78 is 68.3. The number of esters is 4. The minimum atomic E-state index is -4.98. The van der Waals surface area contributed by atoms with Gasteiger partial charge in [0.05, 0.1) is 26.4 Å². The first-order valence-electron chi connectivity index (χ1n) is 36.8. The number of allylic oxidation sites excluding steroid dienone is 14. The number of carbonyl (C=O) groups is 4. The number of rotatable bonds is 69. The van der Waals surface area contributed by atoms with Gasteiger partial charge in [0.15, 0.2) is 12.2 Å². The van der Waals surface area contributed by atoms with Crippen LogP contribution in [0.5, 0.6) is 0 Å². The molecule has 0 aromatic rings. The maximum atomic E-state index is 13.0. The smallest absolute Gasteiger partial charge is 0.462 e. The van der Waals surface area contributed by atoms with E-state index in [0.717, 1.165) is 154 Å². The molecule has 0 bridgehead atoms. The molecule has 94 heavy (non-hydrogen) atoms. The van der Waals surface area contributed by atoms with E-state index in [0.29, 0.717) is 25.7 Å². The normalized spacial score (nSPS) is 14.5. The van der Waals surface area contributed by atoms with Crippen molar-refractivity contribution in [3.63, 3.8) is 0 Å². The third-order valence-electron chi connectivity index (χ3n) is 15.3. The number of hydrogen-bond donors (Lipinski definition) is 3. The van der Waals surface area contributed by atoms with Crippen LogP contribution in [0.3, 0.4) is 0 Å². The number of phosphoric ester groups is 2. The Hall–Kier alpha value is -3.76. The van der Waals surface area contributed by atoms with Crippen LogP contribution in [-0.2, 0) is 65.4 Å². The first-order valence-corrected chi connectivity index (χ1v) is 39.8. The van der Waals surface area contributed by atoms with Crippen LogP contribution in [0.15, 0.2) is 85.1 Å². The SMILES string of the molecule is CC/C=C\C/C=C\C/C=C\C/C=C\CCCCC(=O)OCC(COP(=O)(O)OCC(O)COP(=O)(O)OCC(COC(=O)CCCCCCC/C=C\CCCCCCCC)OC(=O)CCCCCCC/C=C\CCCCCC)OC(=O)CCCCCCC/C=C\CCCC. The molecule has 0 aromatic carbocycles. The zero-order valence-corrected chi connectivity index (χ0v) is 60.9.